The molecule has 0 saturated carbocycles. The first kappa shape index (κ1) is 20.0. The molecule has 148 valence electrons. The number of nitro benzene ring substituents is 1. The van der Waals surface area contributed by atoms with Gasteiger partial charge in [-0.3, -0.25) is 14.9 Å². The summed E-state index contributed by atoms with van der Waals surface area (Å²) in [6, 6.07) is 10.7. The lowest BCUT2D eigenvalue weighted by Gasteiger charge is -2.13. The van der Waals surface area contributed by atoms with Gasteiger partial charge in [0.2, 0.25) is 5.89 Å². The van der Waals surface area contributed by atoms with E-state index in [9.17, 15) is 19.7 Å². The number of aromatic nitrogens is 1. The summed E-state index contributed by atoms with van der Waals surface area (Å²) in [5.41, 5.74) is 1.01. The molecule has 1 heterocycles. The van der Waals surface area contributed by atoms with Crippen molar-refractivity contribution < 1.29 is 23.7 Å². The molecule has 9 nitrogen and oxygen atoms in total. The van der Waals surface area contributed by atoms with E-state index in [0.717, 1.165) is 12.1 Å². The number of nitro groups is 1. The molecule has 3 rings (SSSR count). The fourth-order valence-electron chi connectivity index (χ4n) is 2.32. The molecule has 0 aliphatic heterocycles. The summed E-state index contributed by atoms with van der Waals surface area (Å²) < 4.78 is 10.5. The average Bonchev–Trinajstić information content (AvgIpc) is 3.10. The van der Waals surface area contributed by atoms with Gasteiger partial charge in [-0.2, -0.15) is 0 Å². The Morgan fingerprint density at radius 1 is 1.31 bits per heavy atom. The molecule has 0 fully saturated rings. The number of para-hydroxylation sites is 2. The molecular formula is C19H14ClN3O6. The highest BCUT2D eigenvalue weighted by Crippen LogP contribution is 2.26. The first-order chi connectivity index (χ1) is 13.8. The van der Waals surface area contributed by atoms with Crippen LogP contribution in [0.15, 0.2) is 53.0 Å². The first-order valence-electron chi connectivity index (χ1n) is 8.32. The number of nitrogens with zero attached hydrogens (tertiary/aromatic N) is 2. The second-order valence-electron chi connectivity index (χ2n) is 5.84. The largest absolute Gasteiger partial charge is 0.449 e. The molecule has 2 aromatic carbocycles. The molecule has 29 heavy (non-hydrogen) atoms. The topological polar surface area (TPSA) is 125 Å². The van der Waals surface area contributed by atoms with Crippen molar-refractivity contribution in [1.82, 2.24) is 4.98 Å². The summed E-state index contributed by atoms with van der Waals surface area (Å²) in [5, 5.41) is 13.3. The van der Waals surface area contributed by atoms with Gasteiger partial charge in [-0.25, -0.2) is 9.78 Å². The van der Waals surface area contributed by atoms with Gasteiger partial charge < -0.3 is 14.5 Å². The summed E-state index contributed by atoms with van der Waals surface area (Å²) in [6.45, 7) is 1.35. The van der Waals surface area contributed by atoms with Crippen LogP contribution in [0.2, 0.25) is 5.02 Å². The molecule has 1 unspecified atom stereocenters. The number of ether oxygens (including phenoxy) is 1. The maximum Gasteiger partial charge on any atom is 0.331 e. The lowest BCUT2D eigenvalue weighted by atomic mass is 10.2. The second kappa shape index (κ2) is 8.53. The zero-order valence-corrected chi connectivity index (χ0v) is 15.8. The molecule has 0 bridgehead atoms. The molecule has 10 heteroatoms. The maximum atomic E-state index is 12.2. The number of nitrogens with one attached hydrogen (secondary N) is 1. The molecule has 1 N–H and O–H groups in total. The predicted octanol–water partition coefficient (Wildman–Crippen LogP) is 3.97. The van der Waals surface area contributed by atoms with Gasteiger partial charge in [0.25, 0.3) is 11.6 Å². The Bertz CT molecular complexity index is 1090. The van der Waals surface area contributed by atoms with Crippen LogP contribution >= 0.6 is 11.6 Å². The van der Waals surface area contributed by atoms with Gasteiger partial charge in [0, 0.05) is 24.3 Å². The number of benzene rings is 2. The number of esters is 1. The van der Waals surface area contributed by atoms with Crippen LogP contribution in [0.25, 0.3) is 17.2 Å². The van der Waals surface area contributed by atoms with Crippen LogP contribution in [0.5, 0.6) is 0 Å². The maximum absolute atomic E-state index is 12.2. The monoisotopic (exact) mass is 415 g/mol. The fraction of sp³-hybridized carbons (Fsp3) is 0.105. The Balaban J connectivity index is 1.61. The van der Waals surface area contributed by atoms with Gasteiger partial charge in [0.15, 0.2) is 11.7 Å². The van der Waals surface area contributed by atoms with Crippen molar-refractivity contribution >= 4 is 52.0 Å². The van der Waals surface area contributed by atoms with E-state index in [4.69, 9.17) is 20.8 Å². The first-order valence-corrected chi connectivity index (χ1v) is 8.70. The van der Waals surface area contributed by atoms with Crippen LogP contribution in [0.1, 0.15) is 12.8 Å². The van der Waals surface area contributed by atoms with Crippen molar-refractivity contribution in [2.75, 3.05) is 5.32 Å². The minimum atomic E-state index is -1.17. The van der Waals surface area contributed by atoms with Crippen LogP contribution < -0.4 is 5.32 Å². The van der Waals surface area contributed by atoms with Crippen LogP contribution in [-0.2, 0) is 14.3 Å². The van der Waals surface area contributed by atoms with Crippen molar-refractivity contribution in [3.8, 4) is 0 Å². The van der Waals surface area contributed by atoms with E-state index >= 15 is 0 Å². The Morgan fingerprint density at radius 3 is 2.79 bits per heavy atom. The zero-order chi connectivity index (χ0) is 21.0. The molecule has 1 amide bonds. The van der Waals surface area contributed by atoms with Gasteiger partial charge >= 0.3 is 5.97 Å². The summed E-state index contributed by atoms with van der Waals surface area (Å²) in [4.78, 5) is 38.5. The Kier molecular flexibility index (Phi) is 5.89. The van der Waals surface area contributed by atoms with E-state index in [1.807, 2.05) is 0 Å². The van der Waals surface area contributed by atoms with Gasteiger partial charge in [-0.15, -0.1) is 0 Å². The Morgan fingerprint density at radius 2 is 2.07 bits per heavy atom. The van der Waals surface area contributed by atoms with Crippen molar-refractivity contribution in [1.29, 1.82) is 0 Å². The van der Waals surface area contributed by atoms with Crippen molar-refractivity contribution in [2.24, 2.45) is 0 Å². The second-order valence-corrected chi connectivity index (χ2v) is 6.25. The highest BCUT2D eigenvalue weighted by atomic mass is 35.5. The number of carbonyl (C=O) groups excluding carboxylic acids is 2. The van der Waals surface area contributed by atoms with E-state index in [0.29, 0.717) is 11.1 Å². The Labute approximate surface area is 169 Å². The minimum absolute atomic E-state index is 0.0378. The number of hydrogen-bond donors (Lipinski definition) is 1. The lowest BCUT2D eigenvalue weighted by molar-refractivity contribution is -0.384. The number of amides is 1. The molecule has 0 aliphatic carbocycles. The van der Waals surface area contributed by atoms with Gasteiger partial charge in [-0.1, -0.05) is 23.7 Å². The molecule has 0 saturated heterocycles. The summed E-state index contributed by atoms with van der Waals surface area (Å²) >= 11 is 5.93. The third-order valence-electron chi connectivity index (χ3n) is 3.75. The van der Waals surface area contributed by atoms with E-state index in [1.54, 1.807) is 24.3 Å². The van der Waals surface area contributed by atoms with E-state index in [1.165, 1.54) is 25.1 Å². The van der Waals surface area contributed by atoms with Crippen molar-refractivity contribution in [2.45, 2.75) is 13.0 Å². The summed E-state index contributed by atoms with van der Waals surface area (Å²) in [7, 11) is 0. The third kappa shape index (κ3) is 4.96. The van der Waals surface area contributed by atoms with Crippen LogP contribution in [0.4, 0.5) is 11.4 Å². The Hall–Kier alpha value is -3.72. The number of halogens is 1. The fourth-order valence-corrected chi connectivity index (χ4v) is 2.49. The number of carbonyl (C=O) groups is 2. The molecular weight excluding hydrogens is 402 g/mol. The van der Waals surface area contributed by atoms with E-state index in [-0.39, 0.29) is 22.3 Å². The standard InChI is InChI=1S/C19H14ClN3O6/c1-11(19(25)22-15-10-12(23(26)27)6-7-13(15)20)28-18(24)9-8-17-21-14-4-2-3-5-16(14)29-17/h2-11H,1H3,(H,22,25)/b9-8+. The highest BCUT2D eigenvalue weighted by Gasteiger charge is 2.19. The van der Waals surface area contributed by atoms with Crippen LogP contribution in [0.3, 0.4) is 0 Å². The van der Waals surface area contributed by atoms with Crippen LogP contribution in [0, 0.1) is 10.1 Å². The third-order valence-corrected chi connectivity index (χ3v) is 4.08. The molecule has 1 aromatic heterocycles. The number of oxazole rings is 1. The van der Waals surface area contributed by atoms with Crippen LogP contribution in [-0.4, -0.2) is 27.9 Å². The number of anilines is 1. The van der Waals surface area contributed by atoms with Gasteiger partial charge in [0.05, 0.1) is 15.6 Å². The molecule has 1 atom stereocenters. The molecule has 0 spiro atoms. The number of non-ortho nitro benzene ring substituents is 1. The SMILES string of the molecule is CC(OC(=O)/C=C/c1nc2ccccc2o1)C(=O)Nc1cc([N+](=O)[O-])ccc1Cl. The normalized spacial score (nSPS) is 12.1. The smallest absolute Gasteiger partial charge is 0.331 e. The lowest BCUT2D eigenvalue weighted by Crippen LogP contribution is -2.29. The predicted molar refractivity (Wildman–Crippen MR) is 105 cm³/mol. The number of hydrogen-bond acceptors (Lipinski definition) is 7. The molecule has 0 radical (unpaired) electrons. The highest BCUT2D eigenvalue weighted by molar-refractivity contribution is 6.33. The molecule has 0 aliphatic rings. The average molecular weight is 416 g/mol. The summed E-state index contributed by atoms with van der Waals surface area (Å²) in [6.07, 6.45) is 1.23. The van der Waals surface area contributed by atoms with E-state index in [2.05, 4.69) is 10.3 Å². The van der Waals surface area contributed by atoms with Gasteiger partial charge in [-0.05, 0) is 25.1 Å². The number of fused-ring (bicyclic) bond motifs is 1. The summed E-state index contributed by atoms with van der Waals surface area (Å²) in [5.74, 6) is -1.28. The quantitative estimate of drug-likeness (QED) is 0.279. The van der Waals surface area contributed by atoms with Gasteiger partial charge in [0.1, 0.15) is 5.52 Å². The zero-order valence-electron chi connectivity index (χ0n) is 15.0. The number of rotatable bonds is 6. The van der Waals surface area contributed by atoms with Crippen molar-refractivity contribution in [3.63, 3.8) is 0 Å². The molecule has 3 aromatic rings. The van der Waals surface area contributed by atoms with E-state index < -0.39 is 22.9 Å². The van der Waals surface area contributed by atoms with Crippen molar-refractivity contribution in [3.05, 3.63) is 69.6 Å². The minimum Gasteiger partial charge on any atom is -0.449 e.